The highest BCUT2D eigenvalue weighted by molar-refractivity contribution is 7.92. The molecule has 0 atom stereocenters. The lowest BCUT2D eigenvalue weighted by Gasteiger charge is -2.09. The van der Waals surface area contributed by atoms with E-state index in [4.69, 9.17) is 20.4 Å². The van der Waals surface area contributed by atoms with E-state index in [1.807, 2.05) is 0 Å². The summed E-state index contributed by atoms with van der Waals surface area (Å²) in [7, 11) is -1.87. The third-order valence-corrected chi connectivity index (χ3v) is 3.78. The molecule has 0 spiro atoms. The maximum atomic E-state index is 11.8. The zero-order chi connectivity index (χ0) is 15.7. The Hall–Kier alpha value is -2.00. The van der Waals surface area contributed by atoms with E-state index in [0.717, 1.165) is 0 Å². The molecule has 0 aliphatic rings. The topological polar surface area (TPSA) is 123 Å². The van der Waals surface area contributed by atoms with E-state index in [-0.39, 0.29) is 18.2 Å². The van der Waals surface area contributed by atoms with Crippen molar-refractivity contribution in [3.05, 3.63) is 24.3 Å². The number of benzene rings is 1. The van der Waals surface area contributed by atoms with E-state index in [2.05, 4.69) is 9.88 Å². The molecule has 0 saturated heterocycles. The fraction of sp³-hybridized carbons (Fsp3) is 0.417. The van der Waals surface area contributed by atoms with E-state index < -0.39 is 10.0 Å². The molecule has 0 bridgehead atoms. The van der Waals surface area contributed by atoms with Crippen molar-refractivity contribution in [3.63, 3.8) is 0 Å². The second-order valence-electron chi connectivity index (χ2n) is 4.17. The minimum Gasteiger partial charge on any atom is -0.486 e. The van der Waals surface area contributed by atoms with Gasteiger partial charge in [-0.3, -0.25) is 4.72 Å². The number of hydrogen-bond donors (Lipinski definition) is 3. The van der Waals surface area contributed by atoms with Gasteiger partial charge < -0.3 is 20.4 Å². The van der Waals surface area contributed by atoms with Crippen LogP contribution in [0.5, 0.6) is 5.75 Å². The molecule has 0 amide bonds. The first kappa shape index (κ1) is 17.1. The van der Waals surface area contributed by atoms with Crippen molar-refractivity contribution >= 4 is 21.5 Å². The zero-order valence-electron chi connectivity index (χ0n) is 11.7. The van der Waals surface area contributed by atoms with Gasteiger partial charge in [-0.15, -0.1) is 0 Å². The number of anilines is 1. The largest absolute Gasteiger partial charge is 0.486 e. The summed E-state index contributed by atoms with van der Waals surface area (Å²) < 4.78 is 36.0. The molecule has 0 unspecified atom stereocenters. The predicted molar refractivity (Wildman–Crippen MR) is 79.2 cm³/mol. The van der Waals surface area contributed by atoms with Crippen LogP contribution in [0.2, 0.25) is 0 Å². The molecule has 9 heteroatoms. The van der Waals surface area contributed by atoms with E-state index in [0.29, 0.717) is 24.5 Å². The molecule has 1 rings (SSSR count). The summed E-state index contributed by atoms with van der Waals surface area (Å²) in [6.45, 7) is 0.333. The number of methoxy groups -OCH3 is 1. The van der Waals surface area contributed by atoms with Crippen LogP contribution in [-0.2, 0) is 14.8 Å². The predicted octanol–water partition coefficient (Wildman–Crippen LogP) is 0.590. The van der Waals surface area contributed by atoms with Crippen LogP contribution >= 0.6 is 0 Å². The number of hydrogen-bond acceptors (Lipinski definition) is 6. The monoisotopic (exact) mass is 317 g/mol. The number of rotatable bonds is 9. The first-order chi connectivity index (χ1) is 9.96. The number of nitrogens with zero attached hydrogens (tertiary/aromatic N) is 1. The van der Waals surface area contributed by atoms with Gasteiger partial charge in [-0.05, 0) is 30.7 Å². The van der Waals surface area contributed by atoms with Crippen LogP contribution in [0.15, 0.2) is 29.4 Å². The number of oxime groups is 1. The van der Waals surface area contributed by atoms with Gasteiger partial charge in [-0.2, -0.15) is 0 Å². The van der Waals surface area contributed by atoms with Crippen LogP contribution in [0.1, 0.15) is 6.42 Å². The Bertz CT molecular complexity index is 557. The number of ether oxygens (including phenoxy) is 2. The van der Waals surface area contributed by atoms with Gasteiger partial charge in [-0.25, -0.2) is 8.42 Å². The molecule has 1 aromatic carbocycles. The van der Waals surface area contributed by atoms with Crippen LogP contribution < -0.4 is 15.2 Å². The molecule has 0 fully saturated rings. The number of nitrogens with two attached hydrogens (primary N) is 1. The summed E-state index contributed by atoms with van der Waals surface area (Å²) in [4.78, 5) is 0. The van der Waals surface area contributed by atoms with Crippen molar-refractivity contribution in [2.45, 2.75) is 6.42 Å². The SMILES string of the molecule is COCCCS(=O)(=O)Nc1ccc(OCC(N)=NO)cc1. The Labute approximate surface area is 123 Å². The summed E-state index contributed by atoms with van der Waals surface area (Å²) in [5.74, 6) is 0.407. The molecule has 0 heterocycles. The summed E-state index contributed by atoms with van der Waals surface area (Å²) in [5, 5.41) is 11.1. The lowest BCUT2D eigenvalue weighted by Crippen LogP contribution is -2.20. The summed E-state index contributed by atoms with van der Waals surface area (Å²) in [5.41, 5.74) is 5.70. The van der Waals surface area contributed by atoms with Gasteiger partial charge in [0.05, 0.1) is 5.75 Å². The molecule has 4 N–H and O–H groups in total. The van der Waals surface area contributed by atoms with Crippen LogP contribution in [0.25, 0.3) is 0 Å². The van der Waals surface area contributed by atoms with E-state index in [1.165, 1.54) is 7.11 Å². The van der Waals surface area contributed by atoms with Crippen LogP contribution in [0.3, 0.4) is 0 Å². The molecule has 21 heavy (non-hydrogen) atoms. The number of sulfonamides is 1. The van der Waals surface area contributed by atoms with Crippen molar-refractivity contribution in [2.24, 2.45) is 10.9 Å². The van der Waals surface area contributed by atoms with E-state index in [1.54, 1.807) is 24.3 Å². The quantitative estimate of drug-likeness (QED) is 0.201. The molecule has 0 saturated carbocycles. The Kier molecular flexibility index (Phi) is 6.76. The van der Waals surface area contributed by atoms with Gasteiger partial charge in [0.15, 0.2) is 5.84 Å². The second kappa shape index (κ2) is 8.32. The fourth-order valence-corrected chi connectivity index (χ4v) is 2.52. The molecular weight excluding hydrogens is 298 g/mol. The molecule has 118 valence electrons. The van der Waals surface area contributed by atoms with Gasteiger partial charge in [-0.1, -0.05) is 5.16 Å². The Morgan fingerprint density at radius 2 is 2.05 bits per heavy atom. The molecular formula is C12H19N3O5S. The lowest BCUT2D eigenvalue weighted by molar-refractivity contribution is 0.199. The first-order valence-electron chi connectivity index (χ1n) is 6.15. The Morgan fingerprint density at radius 3 is 2.62 bits per heavy atom. The molecule has 0 aliphatic heterocycles. The normalized spacial score (nSPS) is 12.1. The minimum atomic E-state index is -3.39. The van der Waals surface area contributed by atoms with Crippen LogP contribution in [-0.4, -0.2) is 45.5 Å². The van der Waals surface area contributed by atoms with Gasteiger partial charge in [0.1, 0.15) is 12.4 Å². The molecule has 8 nitrogen and oxygen atoms in total. The summed E-state index contributed by atoms with van der Waals surface area (Å²) in [6, 6.07) is 6.29. The highest BCUT2D eigenvalue weighted by Gasteiger charge is 2.10. The van der Waals surface area contributed by atoms with E-state index >= 15 is 0 Å². The van der Waals surface area contributed by atoms with Crippen LogP contribution in [0, 0.1) is 0 Å². The van der Waals surface area contributed by atoms with Crippen molar-refractivity contribution < 1.29 is 23.1 Å². The van der Waals surface area contributed by atoms with Gasteiger partial charge in [0, 0.05) is 19.4 Å². The highest BCUT2D eigenvalue weighted by Crippen LogP contribution is 2.16. The van der Waals surface area contributed by atoms with Crippen LogP contribution in [0.4, 0.5) is 5.69 Å². The van der Waals surface area contributed by atoms with Crippen molar-refractivity contribution in [1.82, 2.24) is 0 Å². The maximum absolute atomic E-state index is 11.8. The van der Waals surface area contributed by atoms with Crippen molar-refractivity contribution in [2.75, 3.05) is 30.8 Å². The minimum absolute atomic E-state index is 0.0113. The lowest BCUT2D eigenvalue weighted by atomic mass is 10.3. The first-order valence-corrected chi connectivity index (χ1v) is 7.81. The molecule has 1 aromatic rings. The third-order valence-electron chi connectivity index (χ3n) is 2.40. The highest BCUT2D eigenvalue weighted by atomic mass is 32.2. The number of nitrogens with one attached hydrogen (secondary N) is 1. The summed E-state index contributed by atoms with van der Waals surface area (Å²) in [6.07, 6.45) is 0.423. The Balaban J connectivity index is 2.54. The zero-order valence-corrected chi connectivity index (χ0v) is 12.5. The average Bonchev–Trinajstić information content (AvgIpc) is 2.46. The van der Waals surface area contributed by atoms with Crippen molar-refractivity contribution in [3.8, 4) is 5.75 Å². The molecule has 0 aromatic heterocycles. The molecule has 0 radical (unpaired) electrons. The van der Waals surface area contributed by atoms with Crippen molar-refractivity contribution in [1.29, 1.82) is 0 Å². The fourth-order valence-electron chi connectivity index (χ4n) is 1.43. The van der Waals surface area contributed by atoms with Gasteiger partial charge in [0.2, 0.25) is 10.0 Å². The second-order valence-corrected chi connectivity index (χ2v) is 6.01. The average molecular weight is 317 g/mol. The summed E-state index contributed by atoms with van der Waals surface area (Å²) >= 11 is 0. The maximum Gasteiger partial charge on any atom is 0.232 e. The Morgan fingerprint density at radius 1 is 1.38 bits per heavy atom. The third kappa shape index (κ3) is 6.82. The standard InChI is InChI=1S/C12H19N3O5S/c1-19-7-2-8-21(17,18)15-10-3-5-11(6-4-10)20-9-12(13)14-16/h3-6,15-16H,2,7-9H2,1H3,(H2,13,14). The number of amidine groups is 1. The smallest absolute Gasteiger partial charge is 0.232 e. The van der Waals surface area contributed by atoms with E-state index in [9.17, 15) is 8.42 Å². The van der Waals surface area contributed by atoms with Gasteiger partial charge >= 0.3 is 0 Å². The van der Waals surface area contributed by atoms with Gasteiger partial charge in [0.25, 0.3) is 0 Å². The molecule has 0 aliphatic carbocycles.